The Morgan fingerprint density at radius 2 is 1.38 bits per heavy atom. The molecule has 4 heteroatoms. The maximum absolute atomic E-state index is 11.2. The SMILES string of the molecule is CCOC(=O)C=C1CCC1=CC(=O)OCC. The van der Waals surface area contributed by atoms with E-state index in [0.717, 1.165) is 24.0 Å². The van der Waals surface area contributed by atoms with Crippen LogP contribution in [-0.4, -0.2) is 25.2 Å². The van der Waals surface area contributed by atoms with E-state index in [1.54, 1.807) is 13.8 Å². The molecule has 0 unspecified atom stereocenters. The normalized spacial score (nSPS) is 19.4. The van der Waals surface area contributed by atoms with Crippen molar-refractivity contribution in [1.82, 2.24) is 0 Å². The number of allylic oxidation sites excluding steroid dienone is 2. The highest BCUT2D eigenvalue weighted by molar-refractivity contribution is 5.87. The zero-order valence-electron chi connectivity index (χ0n) is 9.62. The molecular formula is C12H16O4. The third-order valence-electron chi connectivity index (χ3n) is 2.23. The Kier molecular flexibility index (Phi) is 4.76. The molecular weight excluding hydrogens is 208 g/mol. The second-order valence-corrected chi connectivity index (χ2v) is 3.34. The van der Waals surface area contributed by atoms with Gasteiger partial charge in [0.05, 0.1) is 13.2 Å². The van der Waals surface area contributed by atoms with Crippen LogP contribution in [0.25, 0.3) is 0 Å². The predicted molar refractivity (Wildman–Crippen MR) is 58.7 cm³/mol. The first kappa shape index (κ1) is 12.5. The Labute approximate surface area is 94.9 Å². The first-order valence-corrected chi connectivity index (χ1v) is 5.42. The van der Waals surface area contributed by atoms with Gasteiger partial charge in [0.1, 0.15) is 0 Å². The summed E-state index contributed by atoms with van der Waals surface area (Å²) in [6.45, 7) is 4.23. The van der Waals surface area contributed by atoms with Crippen LogP contribution in [0, 0.1) is 0 Å². The fourth-order valence-electron chi connectivity index (χ4n) is 1.40. The van der Waals surface area contributed by atoms with Gasteiger partial charge in [-0.05, 0) is 37.8 Å². The average molecular weight is 224 g/mol. The molecule has 1 aliphatic carbocycles. The van der Waals surface area contributed by atoms with E-state index < -0.39 is 0 Å². The molecule has 0 aromatic rings. The van der Waals surface area contributed by atoms with E-state index in [4.69, 9.17) is 9.47 Å². The average Bonchev–Trinajstić information content (AvgIpc) is 2.22. The van der Waals surface area contributed by atoms with Gasteiger partial charge in [0.2, 0.25) is 0 Å². The van der Waals surface area contributed by atoms with Crippen LogP contribution in [0.3, 0.4) is 0 Å². The summed E-state index contributed by atoms with van der Waals surface area (Å²) >= 11 is 0. The molecule has 4 nitrogen and oxygen atoms in total. The lowest BCUT2D eigenvalue weighted by molar-refractivity contribution is -0.138. The Balaban J connectivity index is 2.58. The van der Waals surface area contributed by atoms with Crippen molar-refractivity contribution in [2.24, 2.45) is 0 Å². The van der Waals surface area contributed by atoms with E-state index >= 15 is 0 Å². The summed E-state index contributed by atoms with van der Waals surface area (Å²) in [6, 6.07) is 0. The molecule has 0 spiro atoms. The number of carbonyl (C=O) groups excluding carboxylic acids is 2. The van der Waals surface area contributed by atoms with Gasteiger partial charge in [0.25, 0.3) is 0 Å². The fourth-order valence-corrected chi connectivity index (χ4v) is 1.40. The summed E-state index contributed by atoms with van der Waals surface area (Å²) in [5, 5.41) is 0. The molecule has 1 aliphatic rings. The molecule has 0 amide bonds. The lowest BCUT2D eigenvalue weighted by atomic mass is 9.85. The Hall–Kier alpha value is -1.58. The highest BCUT2D eigenvalue weighted by Gasteiger charge is 2.19. The monoisotopic (exact) mass is 224 g/mol. The van der Waals surface area contributed by atoms with Gasteiger partial charge in [0.15, 0.2) is 0 Å². The summed E-state index contributed by atoms with van der Waals surface area (Å²) in [5.41, 5.74) is 1.73. The minimum atomic E-state index is -0.355. The van der Waals surface area contributed by atoms with Crippen LogP contribution in [0.5, 0.6) is 0 Å². The van der Waals surface area contributed by atoms with Crippen molar-refractivity contribution in [2.75, 3.05) is 13.2 Å². The second-order valence-electron chi connectivity index (χ2n) is 3.34. The first-order valence-electron chi connectivity index (χ1n) is 5.42. The summed E-state index contributed by atoms with van der Waals surface area (Å²) in [6.07, 6.45) is 4.50. The zero-order valence-corrected chi connectivity index (χ0v) is 9.62. The number of esters is 2. The molecule has 0 N–H and O–H groups in total. The van der Waals surface area contributed by atoms with Crippen LogP contribution >= 0.6 is 0 Å². The number of carbonyl (C=O) groups is 2. The zero-order chi connectivity index (χ0) is 12.0. The molecule has 1 saturated carbocycles. The van der Waals surface area contributed by atoms with E-state index in [2.05, 4.69) is 0 Å². The molecule has 1 rings (SSSR count). The van der Waals surface area contributed by atoms with Gasteiger partial charge in [-0.25, -0.2) is 9.59 Å². The van der Waals surface area contributed by atoms with Crippen LogP contribution in [-0.2, 0) is 19.1 Å². The van der Waals surface area contributed by atoms with Crippen LogP contribution in [0.15, 0.2) is 23.3 Å². The maximum atomic E-state index is 11.2. The summed E-state index contributed by atoms with van der Waals surface area (Å²) in [4.78, 5) is 22.3. The largest absolute Gasteiger partial charge is 0.463 e. The Bertz CT molecular complexity index is 305. The minimum absolute atomic E-state index is 0.355. The van der Waals surface area contributed by atoms with Gasteiger partial charge >= 0.3 is 11.9 Å². The molecule has 0 saturated heterocycles. The molecule has 0 atom stereocenters. The number of ether oxygens (including phenoxy) is 2. The fraction of sp³-hybridized carbons (Fsp3) is 0.500. The first-order chi connectivity index (χ1) is 7.67. The van der Waals surface area contributed by atoms with Gasteiger partial charge in [0, 0.05) is 12.2 Å². The van der Waals surface area contributed by atoms with Gasteiger partial charge in [-0.3, -0.25) is 0 Å². The molecule has 0 bridgehead atoms. The number of rotatable bonds is 4. The van der Waals surface area contributed by atoms with Gasteiger partial charge in [-0.2, -0.15) is 0 Å². The molecule has 0 aliphatic heterocycles. The van der Waals surface area contributed by atoms with Crippen molar-refractivity contribution in [3.63, 3.8) is 0 Å². The highest BCUT2D eigenvalue weighted by atomic mass is 16.5. The smallest absolute Gasteiger partial charge is 0.331 e. The summed E-state index contributed by atoms with van der Waals surface area (Å²) < 4.78 is 9.58. The van der Waals surface area contributed by atoms with Gasteiger partial charge < -0.3 is 9.47 Å². The van der Waals surface area contributed by atoms with Crippen molar-refractivity contribution in [1.29, 1.82) is 0 Å². The summed E-state index contributed by atoms with van der Waals surface area (Å²) in [5.74, 6) is -0.709. The van der Waals surface area contributed by atoms with Crippen LogP contribution < -0.4 is 0 Å². The molecule has 0 radical (unpaired) electrons. The predicted octanol–water partition coefficient (Wildman–Crippen LogP) is 1.76. The molecule has 0 heterocycles. The quantitative estimate of drug-likeness (QED) is 0.539. The number of hydrogen-bond acceptors (Lipinski definition) is 4. The highest BCUT2D eigenvalue weighted by Crippen LogP contribution is 2.32. The Morgan fingerprint density at radius 3 is 1.62 bits per heavy atom. The van der Waals surface area contributed by atoms with Crippen LogP contribution in [0.4, 0.5) is 0 Å². The number of hydrogen-bond donors (Lipinski definition) is 0. The topological polar surface area (TPSA) is 52.6 Å². The van der Waals surface area contributed by atoms with Crippen molar-refractivity contribution in [3.8, 4) is 0 Å². The van der Waals surface area contributed by atoms with Gasteiger partial charge in [-0.1, -0.05) is 0 Å². The third-order valence-corrected chi connectivity index (χ3v) is 2.23. The van der Waals surface area contributed by atoms with E-state index in [0.29, 0.717) is 13.2 Å². The standard InChI is InChI=1S/C12H16O4/c1-3-15-11(13)7-9-5-6-10(9)8-12(14)16-4-2/h7-8H,3-6H2,1-2H3. The molecule has 0 aromatic carbocycles. The molecule has 1 fully saturated rings. The van der Waals surface area contributed by atoms with E-state index in [1.165, 1.54) is 12.2 Å². The van der Waals surface area contributed by atoms with E-state index in [-0.39, 0.29) is 11.9 Å². The lowest BCUT2D eigenvalue weighted by Crippen LogP contribution is -2.11. The van der Waals surface area contributed by atoms with Crippen LogP contribution in [0.2, 0.25) is 0 Å². The molecule has 0 aromatic heterocycles. The minimum Gasteiger partial charge on any atom is -0.463 e. The second kappa shape index (κ2) is 6.10. The maximum Gasteiger partial charge on any atom is 0.331 e. The van der Waals surface area contributed by atoms with Crippen LogP contribution in [0.1, 0.15) is 26.7 Å². The Morgan fingerprint density at radius 1 is 1.00 bits per heavy atom. The van der Waals surface area contributed by atoms with Crippen molar-refractivity contribution in [2.45, 2.75) is 26.7 Å². The summed E-state index contributed by atoms with van der Waals surface area (Å²) in [7, 11) is 0. The van der Waals surface area contributed by atoms with E-state index in [1.807, 2.05) is 0 Å². The van der Waals surface area contributed by atoms with Crippen molar-refractivity contribution >= 4 is 11.9 Å². The van der Waals surface area contributed by atoms with Crippen molar-refractivity contribution < 1.29 is 19.1 Å². The third kappa shape index (κ3) is 3.53. The van der Waals surface area contributed by atoms with Gasteiger partial charge in [-0.15, -0.1) is 0 Å². The lowest BCUT2D eigenvalue weighted by Gasteiger charge is -2.21. The molecule has 88 valence electrons. The van der Waals surface area contributed by atoms with Crippen molar-refractivity contribution in [3.05, 3.63) is 23.3 Å². The molecule has 16 heavy (non-hydrogen) atoms. The van der Waals surface area contributed by atoms with E-state index in [9.17, 15) is 9.59 Å².